The van der Waals surface area contributed by atoms with Crippen LogP contribution in [-0.4, -0.2) is 17.2 Å². The van der Waals surface area contributed by atoms with E-state index in [1.165, 1.54) is 18.2 Å². The van der Waals surface area contributed by atoms with E-state index < -0.39 is 5.97 Å². The summed E-state index contributed by atoms with van der Waals surface area (Å²) in [6, 6.07) is 4.50. The van der Waals surface area contributed by atoms with Crippen molar-refractivity contribution >= 4 is 11.7 Å². The van der Waals surface area contributed by atoms with Crippen LogP contribution in [0.5, 0.6) is 5.75 Å². The number of hydrogen-bond donors (Lipinski definition) is 2. The smallest absolute Gasteiger partial charge is 0.339 e. The molecule has 3 N–H and O–H groups in total. The number of carboxylic acid groups (broad SMARTS) is 1. The van der Waals surface area contributed by atoms with E-state index in [4.69, 9.17) is 15.6 Å². The van der Waals surface area contributed by atoms with E-state index in [0.29, 0.717) is 11.4 Å². The number of benzene rings is 1. The van der Waals surface area contributed by atoms with Gasteiger partial charge in [-0.2, -0.15) is 0 Å². The van der Waals surface area contributed by atoms with Gasteiger partial charge in [-0.25, -0.2) is 4.79 Å². The Labute approximate surface area is 82.3 Å². The van der Waals surface area contributed by atoms with E-state index in [9.17, 15) is 4.79 Å². The maximum absolute atomic E-state index is 10.8. The summed E-state index contributed by atoms with van der Waals surface area (Å²) in [6.07, 6.45) is -0.0742. The van der Waals surface area contributed by atoms with Gasteiger partial charge in [-0.3, -0.25) is 0 Å². The van der Waals surface area contributed by atoms with Crippen molar-refractivity contribution in [2.45, 2.75) is 20.0 Å². The molecule has 0 saturated heterocycles. The number of nitrogens with two attached hydrogens (primary N) is 1. The van der Waals surface area contributed by atoms with Gasteiger partial charge in [0, 0.05) is 11.8 Å². The molecule has 0 unspecified atom stereocenters. The average Bonchev–Trinajstić information content (AvgIpc) is 2.01. The molecule has 0 radical (unpaired) electrons. The predicted molar refractivity (Wildman–Crippen MR) is 53.6 cm³/mol. The lowest BCUT2D eigenvalue weighted by Gasteiger charge is -2.12. The van der Waals surface area contributed by atoms with Crippen molar-refractivity contribution in [3.8, 4) is 5.75 Å². The van der Waals surface area contributed by atoms with Crippen LogP contribution in [0.2, 0.25) is 0 Å². The van der Waals surface area contributed by atoms with Gasteiger partial charge < -0.3 is 15.6 Å². The zero-order chi connectivity index (χ0) is 10.7. The molecule has 14 heavy (non-hydrogen) atoms. The second-order valence-corrected chi connectivity index (χ2v) is 3.23. The molecule has 1 aromatic rings. The molecule has 0 aliphatic heterocycles. The Balaban J connectivity index is 3.09. The highest BCUT2D eigenvalue weighted by molar-refractivity contribution is 5.91. The number of nitrogen functional groups attached to an aromatic ring is 1. The van der Waals surface area contributed by atoms with Crippen LogP contribution in [0.3, 0.4) is 0 Å². The fourth-order valence-corrected chi connectivity index (χ4v) is 1.07. The monoisotopic (exact) mass is 195 g/mol. The third-order valence-electron chi connectivity index (χ3n) is 1.60. The Hall–Kier alpha value is -1.71. The molecule has 0 atom stereocenters. The number of rotatable bonds is 3. The summed E-state index contributed by atoms with van der Waals surface area (Å²) < 4.78 is 5.33. The van der Waals surface area contributed by atoms with Crippen molar-refractivity contribution in [3.05, 3.63) is 23.8 Å². The summed E-state index contributed by atoms with van der Waals surface area (Å²) in [5.74, 6) is -0.701. The predicted octanol–water partition coefficient (Wildman–Crippen LogP) is 1.75. The van der Waals surface area contributed by atoms with Gasteiger partial charge in [-0.05, 0) is 26.0 Å². The van der Waals surface area contributed by atoms with Crippen molar-refractivity contribution in [1.29, 1.82) is 0 Å². The topological polar surface area (TPSA) is 72.5 Å². The summed E-state index contributed by atoms with van der Waals surface area (Å²) in [6.45, 7) is 3.66. The molecule has 0 fully saturated rings. The highest BCUT2D eigenvalue weighted by atomic mass is 16.5. The number of carboxylic acids is 1. The van der Waals surface area contributed by atoms with Crippen LogP contribution in [0.15, 0.2) is 18.2 Å². The number of anilines is 1. The van der Waals surface area contributed by atoms with Gasteiger partial charge in [0.1, 0.15) is 11.3 Å². The molecule has 0 amide bonds. The SMILES string of the molecule is CC(C)Oc1cc(N)ccc1C(=O)O. The average molecular weight is 195 g/mol. The Morgan fingerprint density at radius 3 is 2.64 bits per heavy atom. The number of ether oxygens (including phenoxy) is 1. The van der Waals surface area contributed by atoms with E-state index in [0.717, 1.165) is 0 Å². The van der Waals surface area contributed by atoms with Crippen LogP contribution >= 0.6 is 0 Å². The first-order valence-corrected chi connectivity index (χ1v) is 4.30. The second kappa shape index (κ2) is 4.00. The van der Waals surface area contributed by atoms with Crippen molar-refractivity contribution in [2.24, 2.45) is 0 Å². The molecule has 0 aliphatic carbocycles. The first-order chi connectivity index (χ1) is 6.50. The second-order valence-electron chi connectivity index (χ2n) is 3.23. The minimum atomic E-state index is -1.01. The lowest BCUT2D eigenvalue weighted by Crippen LogP contribution is -2.10. The fourth-order valence-electron chi connectivity index (χ4n) is 1.07. The van der Waals surface area contributed by atoms with Gasteiger partial charge >= 0.3 is 5.97 Å². The van der Waals surface area contributed by atoms with Crippen molar-refractivity contribution in [3.63, 3.8) is 0 Å². The van der Waals surface area contributed by atoms with Crippen LogP contribution in [0.1, 0.15) is 24.2 Å². The fraction of sp³-hybridized carbons (Fsp3) is 0.300. The Morgan fingerprint density at radius 2 is 2.14 bits per heavy atom. The van der Waals surface area contributed by atoms with E-state index >= 15 is 0 Å². The van der Waals surface area contributed by atoms with Gasteiger partial charge in [0.15, 0.2) is 0 Å². The highest BCUT2D eigenvalue weighted by Crippen LogP contribution is 2.22. The summed E-state index contributed by atoms with van der Waals surface area (Å²) in [5.41, 5.74) is 6.15. The lowest BCUT2D eigenvalue weighted by atomic mass is 10.2. The zero-order valence-electron chi connectivity index (χ0n) is 8.15. The standard InChI is InChI=1S/C10H13NO3/c1-6(2)14-9-5-7(11)3-4-8(9)10(12)13/h3-6H,11H2,1-2H3,(H,12,13). The number of carbonyl (C=O) groups is 1. The zero-order valence-corrected chi connectivity index (χ0v) is 8.15. The van der Waals surface area contributed by atoms with Crippen LogP contribution in [0, 0.1) is 0 Å². The van der Waals surface area contributed by atoms with Gasteiger partial charge in [0.2, 0.25) is 0 Å². The molecule has 0 saturated carbocycles. The Bertz CT molecular complexity index is 347. The van der Waals surface area contributed by atoms with Crippen LogP contribution < -0.4 is 10.5 Å². The number of hydrogen-bond acceptors (Lipinski definition) is 3. The van der Waals surface area contributed by atoms with Gasteiger partial charge in [-0.15, -0.1) is 0 Å². The summed E-state index contributed by atoms with van der Waals surface area (Å²) in [4.78, 5) is 10.8. The molecule has 0 bridgehead atoms. The van der Waals surface area contributed by atoms with E-state index in [1.54, 1.807) is 0 Å². The summed E-state index contributed by atoms with van der Waals surface area (Å²) in [7, 11) is 0. The van der Waals surface area contributed by atoms with Crippen LogP contribution in [0.25, 0.3) is 0 Å². The molecule has 1 rings (SSSR count). The summed E-state index contributed by atoms with van der Waals surface area (Å²) in [5, 5.41) is 8.85. The molecule has 0 aromatic heterocycles. The lowest BCUT2D eigenvalue weighted by molar-refractivity contribution is 0.0690. The molecular formula is C10H13NO3. The molecule has 4 nitrogen and oxygen atoms in total. The molecule has 1 aromatic carbocycles. The minimum absolute atomic E-state index is 0.0742. The first-order valence-electron chi connectivity index (χ1n) is 4.30. The molecule has 76 valence electrons. The number of aromatic carboxylic acids is 1. The third kappa shape index (κ3) is 2.39. The largest absolute Gasteiger partial charge is 0.490 e. The van der Waals surface area contributed by atoms with Crippen molar-refractivity contribution < 1.29 is 14.6 Å². The van der Waals surface area contributed by atoms with E-state index in [2.05, 4.69) is 0 Å². The molecule has 0 spiro atoms. The quantitative estimate of drug-likeness (QED) is 0.721. The molecule has 0 aliphatic rings. The maximum Gasteiger partial charge on any atom is 0.339 e. The Kier molecular flexibility index (Phi) is 2.96. The van der Waals surface area contributed by atoms with Gasteiger partial charge in [0.25, 0.3) is 0 Å². The van der Waals surface area contributed by atoms with Gasteiger partial charge in [0.05, 0.1) is 6.10 Å². The van der Waals surface area contributed by atoms with Crippen molar-refractivity contribution in [2.75, 3.05) is 5.73 Å². The minimum Gasteiger partial charge on any atom is -0.490 e. The normalized spacial score (nSPS) is 10.2. The Morgan fingerprint density at radius 1 is 1.50 bits per heavy atom. The van der Waals surface area contributed by atoms with Gasteiger partial charge in [-0.1, -0.05) is 0 Å². The molecule has 0 heterocycles. The first kappa shape index (κ1) is 10.4. The summed E-state index contributed by atoms with van der Waals surface area (Å²) >= 11 is 0. The third-order valence-corrected chi connectivity index (χ3v) is 1.60. The maximum atomic E-state index is 10.8. The molecule has 4 heteroatoms. The van der Waals surface area contributed by atoms with E-state index in [1.807, 2.05) is 13.8 Å². The van der Waals surface area contributed by atoms with E-state index in [-0.39, 0.29) is 11.7 Å². The highest BCUT2D eigenvalue weighted by Gasteiger charge is 2.12. The van der Waals surface area contributed by atoms with Crippen LogP contribution in [0.4, 0.5) is 5.69 Å². The van der Waals surface area contributed by atoms with Crippen molar-refractivity contribution in [1.82, 2.24) is 0 Å². The molecular weight excluding hydrogens is 182 g/mol. The van der Waals surface area contributed by atoms with Crippen LogP contribution in [-0.2, 0) is 0 Å².